The lowest BCUT2D eigenvalue weighted by molar-refractivity contribution is 0.355. The molecule has 0 unspecified atom stereocenters. The van der Waals surface area contributed by atoms with E-state index in [1.165, 1.54) is 0 Å². The van der Waals surface area contributed by atoms with Gasteiger partial charge in [-0.05, 0) is 0 Å². The van der Waals surface area contributed by atoms with Crippen LogP contribution in [0.25, 0.3) is 0 Å². The molecule has 120 valence electrons. The second kappa shape index (κ2) is 8.23. The molecule has 0 saturated heterocycles. The topological polar surface area (TPSA) is 37.4 Å². The predicted octanol–water partition coefficient (Wildman–Crippen LogP) is 3.79. The summed E-state index contributed by atoms with van der Waals surface area (Å²) in [6.07, 6.45) is 0. The molecule has 1 rings (SSSR count). The molecular formula is C8H6BBr3F5NO2S. The summed E-state index contributed by atoms with van der Waals surface area (Å²) in [6.45, 7) is 0. The number of hydrogen-bond acceptors (Lipinski definition) is 2. The first-order valence-electron chi connectivity index (χ1n) is 4.71. The Labute approximate surface area is 142 Å². The summed E-state index contributed by atoms with van der Waals surface area (Å²) in [5, 5.41) is 0. The lowest BCUT2D eigenvalue weighted by Gasteiger charge is -2.13. The Morgan fingerprint density at radius 3 is 1.29 bits per heavy atom. The molecule has 0 atom stereocenters. The standard InChI is InChI=1S/C8H6F5NO2S.BBr3/c1-14(2)17(15,16)8-6(12)4(10)3(9)5(11)7(8)13;2-1(3)4/h1-2H3;. The Balaban J connectivity index is 0.000000885. The second-order valence-electron chi connectivity index (χ2n) is 3.43. The lowest BCUT2D eigenvalue weighted by atomic mass is 10.3. The summed E-state index contributed by atoms with van der Waals surface area (Å²) in [4.78, 5) is -1.86. The molecule has 0 aromatic heterocycles. The van der Waals surface area contributed by atoms with Crippen LogP contribution >= 0.6 is 47.3 Å². The van der Waals surface area contributed by atoms with E-state index in [1.807, 2.05) is 0 Å². The molecular weight excluding hydrogens is 520 g/mol. The molecule has 0 spiro atoms. The highest BCUT2D eigenvalue weighted by Gasteiger charge is 2.34. The SMILES string of the molecule is BrB(Br)Br.CN(C)S(=O)(=O)c1c(F)c(F)c(F)c(F)c1F. The lowest BCUT2D eigenvalue weighted by Crippen LogP contribution is -2.26. The van der Waals surface area contributed by atoms with E-state index >= 15 is 0 Å². The van der Waals surface area contributed by atoms with E-state index in [2.05, 4.69) is 47.3 Å². The molecule has 0 aliphatic carbocycles. The second-order valence-corrected chi connectivity index (χ2v) is 12.0. The van der Waals surface area contributed by atoms with Crippen LogP contribution in [0.4, 0.5) is 22.0 Å². The van der Waals surface area contributed by atoms with E-state index in [9.17, 15) is 30.4 Å². The maximum Gasteiger partial charge on any atom is 0.369 e. The van der Waals surface area contributed by atoms with Crippen molar-refractivity contribution in [2.45, 2.75) is 4.90 Å². The zero-order chi connectivity index (χ0) is 17.1. The van der Waals surface area contributed by atoms with Gasteiger partial charge in [-0.1, -0.05) is 0 Å². The van der Waals surface area contributed by atoms with Crippen LogP contribution in [-0.2, 0) is 10.0 Å². The van der Waals surface area contributed by atoms with E-state index in [0.29, 0.717) is 4.31 Å². The highest BCUT2D eigenvalue weighted by molar-refractivity contribution is 9.69. The molecule has 0 aliphatic heterocycles. The summed E-state index contributed by atoms with van der Waals surface area (Å²) < 4.78 is 87.8. The van der Waals surface area contributed by atoms with Gasteiger partial charge in [0.05, 0.1) is 0 Å². The van der Waals surface area contributed by atoms with Gasteiger partial charge in [-0.25, -0.2) is 34.7 Å². The molecule has 0 aliphatic rings. The molecule has 21 heavy (non-hydrogen) atoms. The van der Waals surface area contributed by atoms with Crippen LogP contribution in [0.2, 0.25) is 0 Å². The smallest absolute Gasteiger partial charge is 0.207 e. The minimum Gasteiger partial charge on any atom is -0.207 e. The number of halogens is 8. The van der Waals surface area contributed by atoms with Gasteiger partial charge >= 0.3 is 3.18 Å². The number of rotatable bonds is 2. The van der Waals surface area contributed by atoms with Crippen molar-refractivity contribution in [3.63, 3.8) is 0 Å². The Kier molecular flexibility index (Phi) is 8.34. The van der Waals surface area contributed by atoms with Gasteiger partial charge in [-0.2, -0.15) is 0 Å². The first-order valence-corrected chi connectivity index (χ1v) is 8.90. The van der Waals surface area contributed by atoms with Gasteiger partial charge < -0.3 is 0 Å². The number of sulfonamides is 1. The van der Waals surface area contributed by atoms with Gasteiger partial charge in [0.15, 0.2) is 28.2 Å². The fourth-order valence-electron chi connectivity index (χ4n) is 0.994. The van der Waals surface area contributed by atoms with Crippen LogP contribution in [0.1, 0.15) is 0 Å². The quantitative estimate of drug-likeness (QED) is 0.255. The zero-order valence-electron chi connectivity index (χ0n) is 10.3. The maximum atomic E-state index is 13.1. The van der Waals surface area contributed by atoms with Gasteiger partial charge in [-0.15, -0.1) is 47.3 Å². The van der Waals surface area contributed by atoms with E-state index in [0.717, 1.165) is 14.1 Å². The van der Waals surface area contributed by atoms with Crippen molar-refractivity contribution < 1.29 is 30.4 Å². The summed E-state index contributed by atoms with van der Waals surface area (Å²) in [7, 11) is -2.97. The molecule has 3 nitrogen and oxygen atoms in total. The van der Waals surface area contributed by atoms with Crippen molar-refractivity contribution in [1.82, 2.24) is 4.31 Å². The largest absolute Gasteiger partial charge is 0.369 e. The van der Waals surface area contributed by atoms with Gasteiger partial charge in [-0.3, -0.25) is 0 Å². The predicted molar refractivity (Wildman–Crippen MR) is 79.6 cm³/mol. The third-order valence-corrected chi connectivity index (χ3v) is 3.74. The van der Waals surface area contributed by atoms with Crippen molar-refractivity contribution in [2.24, 2.45) is 0 Å². The summed E-state index contributed by atoms with van der Waals surface area (Å²) in [5.74, 6) is -11.8. The molecule has 0 heterocycles. The van der Waals surface area contributed by atoms with E-state index in [-0.39, 0.29) is 3.18 Å². The van der Waals surface area contributed by atoms with Crippen molar-refractivity contribution in [2.75, 3.05) is 14.1 Å². The average molecular weight is 526 g/mol. The number of hydrogen-bond donors (Lipinski definition) is 0. The average Bonchev–Trinajstić information content (AvgIpc) is 2.33. The van der Waals surface area contributed by atoms with Crippen molar-refractivity contribution in [3.05, 3.63) is 29.1 Å². The summed E-state index contributed by atoms with van der Waals surface area (Å²) >= 11 is 9.31. The first kappa shape index (κ1) is 21.3. The Morgan fingerprint density at radius 1 is 0.810 bits per heavy atom. The number of benzene rings is 1. The van der Waals surface area contributed by atoms with Crippen LogP contribution in [0.5, 0.6) is 0 Å². The minimum absolute atomic E-state index is 0.271. The molecule has 0 N–H and O–H groups in total. The van der Waals surface area contributed by atoms with Crippen LogP contribution in [-0.4, -0.2) is 30.0 Å². The molecule has 0 radical (unpaired) electrons. The van der Waals surface area contributed by atoms with Crippen molar-refractivity contribution in [3.8, 4) is 0 Å². The van der Waals surface area contributed by atoms with Crippen LogP contribution in [0.3, 0.4) is 0 Å². The monoisotopic (exact) mass is 523 g/mol. The third-order valence-electron chi connectivity index (χ3n) is 1.91. The van der Waals surface area contributed by atoms with Gasteiger partial charge in [0.2, 0.25) is 15.8 Å². The Morgan fingerprint density at radius 2 is 1.05 bits per heavy atom. The van der Waals surface area contributed by atoms with Gasteiger partial charge in [0, 0.05) is 14.1 Å². The van der Waals surface area contributed by atoms with Crippen molar-refractivity contribution >= 4 is 60.5 Å². The van der Waals surface area contributed by atoms with Crippen molar-refractivity contribution in [1.29, 1.82) is 0 Å². The van der Waals surface area contributed by atoms with Crippen LogP contribution < -0.4 is 0 Å². The van der Waals surface area contributed by atoms with E-state index < -0.39 is 44.0 Å². The van der Waals surface area contributed by atoms with Crippen LogP contribution in [0, 0.1) is 29.1 Å². The normalized spacial score (nSPS) is 11.2. The molecule has 0 amide bonds. The third kappa shape index (κ3) is 5.15. The fraction of sp³-hybridized carbons (Fsp3) is 0.250. The molecule has 1 aromatic rings. The van der Waals surface area contributed by atoms with E-state index in [1.54, 1.807) is 0 Å². The molecule has 1 aromatic carbocycles. The summed E-state index contributed by atoms with van der Waals surface area (Å²) in [6, 6.07) is 0. The minimum atomic E-state index is -4.76. The maximum absolute atomic E-state index is 13.1. The highest BCUT2D eigenvalue weighted by Crippen LogP contribution is 2.27. The van der Waals surface area contributed by atoms with Gasteiger partial charge in [0.1, 0.15) is 0 Å². The molecule has 0 bridgehead atoms. The van der Waals surface area contributed by atoms with Gasteiger partial charge in [0.25, 0.3) is 0 Å². The molecule has 0 saturated carbocycles. The fourth-order valence-corrected chi connectivity index (χ4v) is 1.99. The first-order chi connectivity index (χ1) is 9.35. The highest BCUT2D eigenvalue weighted by atomic mass is 79.9. The Hall–Kier alpha value is 0.285. The zero-order valence-corrected chi connectivity index (χ0v) is 15.8. The number of nitrogens with zero attached hydrogens (tertiary/aromatic N) is 1. The Bertz CT molecular complexity index is 597. The van der Waals surface area contributed by atoms with Crippen LogP contribution in [0.15, 0.2) is 4.90 Å². The van der Waals surface area contributed by atoms with E-state index in [4.69, 9.17) is 0 Å². The molecule has 0 fully saturated rings. The molecule has 13 heteroatoms. The summed E-state index contributed by atoms with van der Waals surface area (Å²) in [5.41, 5.74) is 0.